The van der Waals surface area contributed by atoms with Crippen molar-refractivity contribution in [2.24, 2.45) is 0 Å². The molecule has 3 aromatic rings. The van der Waals surface area contributed by atoms with Gasteiger partial charge in [0, 0.05) is 22.5 Å². The van der Waals surface area contributed by atoms with Crippen LogP contribution in [0.3, 0.4) is 0 Å². The Morgan fingerprint density at radius 2 is 1.89 bits per heavy atom. The van der Waals surface area contributed by atoms with Gasteiger partial charge in [-0.2, -0.15) is 0 Å². The van der Waals surface area contributed by atoms with Crippen LogP contribution >= 0.6 is 0 Å². The van der Waals surface area contributed by atoms with Gasteiger partial charge in [-0.15, -0.1) is 0 Å². The van der Waals surface area contributed by atoms with Gasteiger partial charge in [-0.1, -0.05) is 0 Å². The summed E-state index contributed by atoms with van der Waals surface area (Å²) in [6.07, 6.45) is 1.63. The first-order chi connectivity index (χ1) is 13.4. The van der Waals surface area contributed by atoms with Crippen molar-refractivity contribution < 1.29 is 23.5 Å². The SMILES string of the molecule is COc1cc(C(C)=O)ccc1OCC(=O)c1cc(C)n(Cc2ccco2)c1C. The quantitative estimate of drug-likeness (QED) is 0.547. The molecular weight excluding hydrogens is 358 g/mol. The van der Waals surface area contributed by atoms with E-state index in [0.717, 1.165) is 17.1 Å². The van der Waals surface area contributed by atoms with E-state index in [9.17, 15) is 9.59 Å². The molecule has 0 radical (unpaired) electrons. The predicted octanol–water partition coefficient (Wildman–Crippen LogP) is 4.22. The van der Waals surface area contributed by atoms with E-state index in [1.54, 1.807) is 24.5 Å². The van der Waals surface area contributed by atoms with Crippen LogP contribution in [0.4, 0.5) is 0 Å². The number of hydrogen-bond acceptors (Lipinski definition) is 5. The van der Waals surface area contributed by atoms with Gasteiger partial charge in [-0.05, 0) is 57.2 Å². The second-order valence-electron chi connectivity index (χ2n) is 6.58. The number of rotatable bonds is 8. The molecule has 6 heteroatoms. The number of carbonyl (C=O) groups excluding carboxylic acids is 2. The maximum Gasteiger partial charge on any atom is 0.202 e. The molecule has 0 unspecified atom stereocenters. The van der Waals surface area contributed by atoms with Crippen LogP contribution in [0.2, 0.25) is 0 Å². The van der Waals surface area contributed by atoms with Crippen LogP contribution in [-0.2, 0) is 6.54 Å². The largest absolute Gasteiger partial charge is 0.493 e. The summed E-state index contributed by atoms with van der Waals surface area (Å²) in [5.74, 6) is 1.47. The lowest BCUT2D eigenvalue weighted by molar-refractivity contribution is 0.0917. The molecule has 0 atom stereocenters. The number of aromatic nitrogens is 1. The first-order valence-electron chi connectivity index (χ1n) is 8.94. The Morgan fingerprint density at radius 1 is 1.11 bits per heavy atom. The Kier molecular flexibility index (Phi) is 5.68. The van der Waals surface area contributed by atoms with Crippen LogP contribution in [0.15, 0.2) is 47.1 Å². The third-order valence-corrected chi connectivity index (χ3v) is 4.70. The van der Waals surface area contributed by atoms with Gasteiger partial charge in [-0.3, -0.25) is 9.59 Å². The smallest absolute Gasteiger partial charge is 0.202 e. The van der Waals surface area contributed by atoms with Crippen LogP contribution in [0.25, 0.3) is 0 Å². The lowest BCUT2D eigenvalue weighted by Gasteiger charge is -2.11. The van der Waals surface area contributed by atoms with Crippen molar-refractivity contribution in [3.8, 4) is 11.5 Å². The molecule has 0 spiro atoms. The van der Waals surface area contributed by atoms with Gasteiger partial charge in [0.1, 0.15) is 5.76 Å². The van der Waals surface area contributed by atoms with Gasteiger partial charge in [0.2, 0.25) is 5.78 Å². The lowest BCUT2D eigenvalue weighted by atomic mass is 10.1. The first-order valence-corrected chi connectivity index (χ1v) is 8.94. The molecule has 1 aromatic carbocycles. The highest BCUT2D eigenvalue weighted by Gasteiger charge is 2.18. The average Bonchev–Trinajstić information content (AvgIpc) is 3.29. The van der Waals surface area contributed by atoms with Crippen LogP contribution < -0.4 is 9.47 Å². The fourth-order valence-electron chi connectivity index (χ4n) is 3.11. The van der Waals surface area contributed by atoms with E-state index in [2.05, 4.69) is 0 Å². The number of aryl methyl sites for hydroxylation is 1. The molecule has 28 heavy (non-hydrogen) atoms. The van der Waals surface area contributed by atoms with E-state index in [0.29, 0.717) is 29.2 Å². The number of ether oxygens (including phenoxy) is 2. The summed E-state index contributed by atoms with van der Waals surface area (Å²) in [4.78, 5) is 24.2. The van der Waals surface area contributed by atoms with Crippen molar-refractivity contribution in [3.63, 3.8) is 0 Å². The Hall–Kier alpha value is -3.28. The minimum atomic E-state index is -0.128. The molecule has 2 heterocycles. The normalized spacial score (nSPS) is 10.7. The summed E-state index contributed by atoms with van der Waals surface area (Å²) in [7, 11) is 1.50. The Bertz CT molecular complexity index is 998. The lowest BCUT2D eigenvalue weighted by Crippen LogP contribution is -2.13. The number of nitrogens with zero attached hydrogens (tertiary/aromatic N) is 1. The number of hydrogen-bond donors (Lipinski definition) is 0. The molecule has 0 fully saturated rings. The first kappa shape index (κ1) is 19.5. The highest BCUT2D eigenvalue weighted by Crippen LogP contribution is 2.28. The summed E-state index contributed by atoms with van der Waals surface area (Å²) in [5.41, 5.74) is 2.97. The summed E-state index contributed by atoms with van der Waals surface area (Å²) in [5, 5.41) is 0. The third-order valence-electron chi connectivity index (χ3n) is 4.70. The summed E-state index contributed by atoms with van der Waals surface area (Å²) in [6.45, 7) is 5.79. The molecule has 2 aromatic heterocycles. The number of Topliss-reactive ketones (excluding diaryl/α,β-unsaturated/α-hetero) is 2. The van der Waals surface area contributed by atoms with Crippen molar-refractivity contribution in [3.05, 3.63) is 70.9 Å². The molecule has 0 N–H and O–H groups in total. The molecule has 0 aliphatic carbocycles. The van der Waals surface area contributed by atoms with Crippen LogP contribution in [0, 0.1) is 13.8 Å². The van der Waals surface area contributed by atoms with Crippen molar-refractivity contribution in [2.45, 2.75) is 27.3 Å². The topological polar surface area (TPSA) is 70.7 Å². The van der Waals surface area contributed by atoms with Crippen molar-refractivity contribution in [2.75, 3.05) is 13.7 Å². The number of furan rings is 1. The molecule has 0 aliphatic heterocycles. The fourth-order valence-corrected chi connectivity index (χ4v) is 3.11. The highest BCUT2D eigenvalue weighted by molar-refractivity contribution is 5.98. The van der Waals surface area contributed by atoms with Crippen molar-refractivity contribution in [1.82, 2.24) is 4.57 Å². The van der Waals surface area contributed by atoms with Gasteiger partial charge in [0.05, 0.1) is 19.9 Å². The molecule has 3 rings (SSSR count). The van der Waals surface area contributed by atoms with Gasteiger partial charge >= 0.3 is 0 Å². The van der Waals surface area contributed by atoms with Gasteiger partial charge in [0.25, 0.3) is 0 Å². The molecule has 0 saturated carbocycles. The second kappa shape index (κ2) is 8.17. The van der Waals surface area contributed by atoms with Crippen LogP contribution in [0.1, 0.15) is 44.8 Å². The van der Waals surface area contributed by atoms with Gasteiger partial charge < -0.3 is 18.5 Å². The highest BCUT2D eigenvalue weighted by atomic mass is 16.5. The zero-order chi connectivity index (χ0) is 20.3. The zero-order valence-corrected chi connectivity index (χ0v) is 16.4. The minimum absolute atomic E-state index is 0.0649. The number of ketones is 2. The Balaban J connectivity index is 1.74. The fraction of sp³-hybridized carbons (Fsp3) is 0.273. The van der Waals surface area contributed by atoms with E-state index in [-0.39, 0.29) is 18.2 Å². The summed E-state index contributed by atoms with van der Waals surface area (Å²) in [6, 6.07) is 10.5. The number of benzene rings is 1. The van der Waals surface area contributed by atoms with E-state index in [4.69, 9.17) is 13.9 Å². The molecule has 0 aliphatic rings. The summed E-state index contributed by atoms with van der Waals surface area (Å²) >= 11 is 0. The maximum atomic E-state index is 12.7. The predicted molar refractivity (Wildman–Crippen MR) is 105 cm³/mol. The Labute approximate surface area is 163 Å². The zero-order valence-electron chi connectivity index (χ0n) is 16.4. The standard InChI is InChI=1S/C22H23NO5/c1-14-10-19(15(2)23(14)12-18-6-5-9-27-18)20(25)13-28-21-8-7-17(16(3)24)11-22(21)26-4/h5-11H,12-13H2,1-4H3. The van der Waals surface area contributed by atoms with E-state index in [1.165, 1.54) is 14.0 Å². The number of methoxy groups -OCH3 is 1. The molecule has 0 saturated heterocycles. The maximum absolute atomic E-state index is 12.7. The molecule has 0 bridgehead atoms. The van der Waals surface area contributed by atoms with Gasteiger partial charge in [0.15, 0.2) is 23.9 Å². The van der Waals surface area contributed by atoms with E-state index in [1.807, 2.05) is 36.6 Å². The van der Waals surface area contributed by atoms with E-state index < -0.39 is 0 Å². The monoisotopic (exact) mass is 381 g/mol. The summed E-state index contributed by atoms with van der Waals surface area (Å²) < 4.78 is 18.4. The van der Waals surface area contributed by atoms with Crippen molar-refractivity contribution >= 4 is 11.6 Å². The van der Waals surface area contributed by atoms with Crippen molar-refractivity contribution in [1.29, 1.82) is 0 Å². The molecule has 0 amide bonds. The third kappa shape index (κ3) is 4.01. The van der Waals surface area contributed by atoms with Crippen LogP contribution in [0.5, 0.6) is 11.5 Å². The minimum Gasteiger partial charge on any atom is -0.493 e. The van der Waals surface area contributed by atoms with Crippen LogP contribution in [-0.4, -0.2) is 29.9 Å². The van der Waals surface area contributed by atoms with Gasteiger partial charge in [-0.25, -0.2) is 0 Å². The molecule has 6 nitrogen and oxygen atoms in total. The average molecular weight is 381 g/mol. The van der Waals surface area contributed by atoms with E-state index >= 15 is 0 Å². The Morgan fingerprint density at radius 3 is 2.54 bits per heavy atom. The molecule has 146 valence electrons. The molecular formula is C22H23NO5. The second-order valence-corrected chi connectivity index (χ2v) is 6.58. The number of carbonyl (C=O) groups is 2.